The summed E-state index contributed by atoms with van der Waals surface area (Å²) >= 11 is 0. The molecule has 1 fully saturated rings. The molecule has 4 atom stereocenters. The van der Waals surface area contributed by atoms with Gasteiger partial charge in [0.25, 0.3) is 0 Å². The van der Waals surface area contributed by atoms with Crippen molar-refractivity contribution in [1.29, 1.82) is 0 Å². The first-order valence-electron chi connectivity index (χ1n) is 4.17. The van der Waals surface area contributed by atoms with Gasteiger partial charge in [-0.1, -0.05) is 13.3 Å². The molecule has 0 aromatic rings. The van der Waals surface area contributed by atoms with Crippen LogP contribution in [-0.2, 0) is 0 Å². The monoisotopic (exact) mass is 160 g/mol. The summed E-state index contributed by atoms with van der Waals surface area (Å²) in [6.07, 6.45) is 0.270. The van der Waals surface area contributed by atoms with Gasteiger partial charge >= 0.3 is 0 Å². The Kier molecular flexibility index (Phi) is 2.87. The van der Waals surface area contributed by atoms with Crippen LogP contribution in [0.15, 0.2) is 0 Å². The van der Waals surface area contributed by atoms with E-state index in [1.165, 1.54) is 0 Å². The Hall–Kier alpha value is -0.120. The normalized spacial score (nSPS) is 44.7. The summed E-state index contributed by atoms with van der Waals surface area (Å²) in [7, 11) is 0. The largest absolute Gasteiger partial charge is 0.396 e. The highest BCUT2D eigenvalue weighted by atomic mass is 16.3. The van der Waals surface area contributed by atoms with Crippen LogP contribution in [0.5, 0.6) is 0 Å². The average Bonchev–Trinajstić information content (AvgIpc) is 2.30. The Morgan fingerprint density at radius 3 is 2.00 bits per heavy atom. The van der Waals surface area contributed by atoms with Crippen molar-refractivity contribution in [2.75, 3.05) is 6.61 Å². The number of aliphatic hydroxyl groups is 3. The Morgan fingerprint density at radius 2 is 1.73 bits per heavy atom. The molecule has 0 heterocycles. The summed E-state index contributed by atoms with van der Waals surface area (Å²) in [5.41, 5.74) is 0. The number of hydrogen-bond acceptors (Lipinski definition) is 3. The van der Waals surface area contributed by atoms with Crippen molar-refractivity contribution in [3.63, 3.8) is 0 Å². The Morgan fingerprint density at radius 1 is 1.18 bits per heavy atom. The molecule has 0 radical (unpaired) electrons. The summed E-state index contributed by atoms with van der Waals surface area (Å²) in [5.74, 6) is 0.0529. The third-order valence-electron chi connectivity index (χ3n) is 2.68. The molecule has 0 amide bonds. The predicted octanol–water partition coefficient (Wildman–Crippen LogP) is -0.253. The van der Waals surface area contributed by atoms with Gasteiger partial charge in [-0.3, -0.25) is 0 Å². The lowest BCUT2D eigenvalue weighted by molar-refractivity contribution is -0.00627. The van der Waals surface area contributed by atoms with Gasteiger partial charge in [0.1, 0.15) is 0 Å². The lowest BCUT2D eigenvalue weighted by Gasteiger charge is -2.14. The molecule has 3 heteroatoms. The van der Waals surface area contributed by atoms with E-state index in [1.54, 1.807) is 0 Å². The minimum absolute atomic E-state index is 0.0191. The fraction of sp³-hybridized carbons (Fsp3) is 1.00. The molecule has 1 aliphatic carbocycles. The maximum absolute atomic E-state index is 9.40. The van der Waals surface area contributed by atoms with E-state index in [9.17, 15) is 10.2 Å². The first kappa shape index (κ1) is 8.97. The van der Waals surface area contributed by atoms with Crippen LogP contribution in [0, 0.1) is 11.8 Å². The van der Waals surface area contributed by atoms with Crippen LogP contribution in [0.25, 0.3) is 0 Å². The van der Waals surface area contributed by atoms with Gasteiger partial charge in [-0.2, -0.15) is 0 Å². The zero-order valence-electron chi connectivity index (χ0n) is 6.77. The first-order chi connectivity index (χ1) is 5.20. The maximum atomic E-state index is 9.40. The molecule has 0 aromatic carbocycles. The van der Waals surface area contributed by atoms with Crippen LogP contribution >= 0.6 is 0 Å². The number of aliphatic hydroxyl groups excluding tert-OH is 3. The van der Waals surface area contributed by atoms with Crippen molar-refractivity contribution in [1.82, 2.24) is 0 Å². The van der Waals surface area contributed by atoms with Gasteiger partial charge < -0.3 is 15.3 Å². The van der Waals surface area contributed by atoms with E-state index in [-0.39, 0.29) is 18.4 Å². The molecule has 0 unspecified atom stereocenters. The van der Waals surface area contributed by atoms with Crippen LogP contribution in [0.1, 0.15) is 19.8 Å². The molecular weight excluding hydrogens is 144 g/mol. The van der Waals surface area contributed by atoms with Crippen molar-refractivity contribution in [2.45, 2.75) is 32.0 Å². The van der Waals surface area contributed by atoms with Gasteiger partial charge in [-0.05, 0) is 12.3 Å². The molecule has 0 spiro atoms. The van der Waals surface area contributed by atoms with E-state index in [0.717, 1.165) is 12.8 Å². The molecular formula is C8H16O3. The van der Waals surface area contributed by atoms with Crippen LogP contribution in [0.4, 0.5) is 0 Å². The van der Waals surface area contributed by atoms with Crippen molar-refractivity contribution >= 4 is 0 Å². The molecule has 0 saturated heterocycles. The Bertz CT molecular complexity index is 109. The number of hydrogen-bond donors (Lipinski definition) is 3. The minimum atomic E-state index is -0.718. The summed E-state index contributed by atoms with van der Waals surface area (Å²) < 4.78 is 0. The van der Waals surface area contributed by atoms with Crippen molar-refractivity contribution in [3.8, 4) is 0 Å². The van der Waals surface area contributed by atoms with E-state index in [1.807, 2.05) is 6.92 Å². The molecule has 11 heavy (non-hydrogen) atoms. The number of rotatable bonds is 2. The molecule has 0 aromatic heterocycles. The third-order valence-corrected chi connectivity index (χ3v) is 2.68. The van der Waals surface area contributed by atoms with E-state index >= 15 is 0 Å². The summed E-state index contributed by atoms with van der Waals surface area (Å²) in [6.45, 7) is 1.97. The molecule has 66 valence electrons. The first-order valence-corrected chi connectivity index (χ1v) is 4.17. The van der Waals surface area contributed by atoms with Gasteiger partial charge in [-0.15, -0.1) is 0 Å². The Labute approximate surface area is 66.7 Å². The van der Waals surface area contributed by atoms with Crippen LogP contribution in [0.2, 0.25) is 0 Å². The molecule has 3 N–H and O–H groups in total. The lowest BCUT2D eigenvalue weighted by atomic mass is 10.0. The summed E-state index contributed by atoms with van der Waals surface area (Å²) in [4.78, 5) is 0. The molecule has 0 bridgehead atoms. The van der Waals surface area contributed by atoms with Gasteiger partial charge in [-0.25, -0.2) is 0 Å². The zero-order valence-corrected chi connectivity index (χ0v) is 6.77. The highest BCUT2D eigenvalue weighted by Crippen LogP contribution is 2.33. The second kappa shape index (κ2) is 3.52. The standard InChI is InChI=1S/C8H16O3/c1-2-5-3-6(4-9)8(11)7(5)10/h5-11H,2-4H2,1H3/t5-,6-,7-,8+/m1/s1. The molecule has 3 nitrogen and oxygen atoms in total. The maximum Gasteiger partial charge on any atom is 0.0851 e. The summed E-state index contributed by atoms with van der Waals surface area (Å²) in [6, 6.07) is 0. The van der Waals surface area contributed by atoms with E-state index < -0.39 is 12.2 Å². The minimum Gasteiger partial charge on any atom is -0.396 e. The summed E-state index contributed by atoms with van der Waals surface area (Å²) in [5, 5.41) is 27.5. The topological polar surface area (TPSA) is 60.7 Å². The van der Waals surface area contributed by atoms with Crippen molar-refractivity contribution < 1.29 is 15.3 Å². The van der Waals surface area contributed by atoms with E-state index in [2.05, 4.69) is 0 Å². The van der Waals surface area contributed by atoms with Gasteiger partial charge in [0.2, 0.25) is 0 Å². The Balaban J connectivity index is 2.53. The molecule has 0 aliphatic heterocycles. The van der Waals surface area contributed by atoms with Gasteiger partial charge in [0, 0.05) is 12.5 Å². The highest BCUT2D eigenvalue weighted by molar-refractivity contribution is 4.89. The lowest BCUT2D eigenvalue weighted by Crippen LogP contribution is -2.29. The second-order valence-electron chi connectivity index (χ2n) is 3.33. The van der Waals surface area contributed by atoms with Crippen LogP contribution < -0.4 is 0 Å². The smallest absolute Gasteiger partial charge is 0.0851 e. The molecule has 1 rings (SSSR count). The van der Waals surface area contributed by atoms with Gasteiger partial charge in [0.15, 0.2) is 0 Å². The predicted molar refractivity (Wildman–Crippen MR) is 41.0 cm³/mol. The van der Waals surface area contributed by atoms with Crippen LogP contribution in [0.3, 0.4) is 0 Å². The quantitative estimate of drug-likeness (QED) is 0.522. The molecule has 1 saturated carbocycles. The highest BCUT2D eigenvalue weighted by Gasteiger charge is 2.39. The van der Waals surface area contributed by atoms with E-state index in [4.69, 9.17) is 5.11 Å². The van der Waals surface area contributed by atoms with Gasteiger partial charge in [0.05, 0.1) is 12.2 Å². The fourth-order valence-electron chi connectivity index (χ4n) is 1.82. The average molecular weight is 160 g/mol. The fourth-order valence-corrected chi connectivity index (χ4v) is 1.82. The van der Waals surface area contributed by atoms with Crippen molar-refractivity contribution in [2.24, 2.45) is 11.8 Å². The molecule has 1 aliphatic rings. The van der Waals surface area contributed by atoms with Crippen LogP contribution in [-0.4, -0.2) is 34.1 Å². The zero-order chi connectivity index (χ0) is 8.43. The van der Waals surface area contributed by atoms with Crippen molar-refractivity contribution in [3.05, 3.63) is 0 Å². The third kappa shape index (κ3) is 1.55. The second-order valence-corrected chi connectivity index (χ2v) is 3.33. The SMILES string of the molecule is CC[C@@H]1C[C@H](CO)[C@H](O)[C@@H]1O. The van der Waals surface area contributed by atoms with E-state index in [0.29, 0.717) is 0 Å².